The van der Waals surface area contributed by atoms with Gasteiger partial charge in [0.15, 0.2) is 0 Å². The summed E-state index contributed by atoms with van der Waals surface area (Å²) in [5, 5.41) is 0. The van der Waals surface area contributed by atoms with E-state index in [0.717, 1.165) is 6.07 Å². The van der Waals surface area contributed by atoms with E-state index in [1.807, 2.05) is 0 Å². The smallest absolute Gasteiger partial charge is 0.383 e. The number of halogens is 3. The third kappa shape index (κ3) is 5.65. The van der Waals surface area contributed by atoms with E-state index in [1.165, 1.54) is 24.1 Å². The molecule has 0 spiro atoms. The molecule has 0 radical (unpaired) electrons. The fourth-order valence-corrected chi connectivity index (χ4v) is 1.94. The first-order chi connectivity index (χ1) is 10.3. The average molecular weight is 318 g/mol. The number of nitrogens with zero attached hydrogens (tertiary/aromatic N) is 2. The zero-order chi connectivity index (χ0) is 16.8. The first-order valence-corrected chi connectivity index (χ1v) is 6.82. The fourth-order valence-electron chi connectivity index (χ4n) is 1.94. The molecule has 0 saturated carbocycles. The maximum atomic E-state index is 13.0. The summed E-state index contributed by atoms with van der Waals surface area (Å²) >= 11 is 0. The lowest BCUT2D eigenvalue weighted by molar-refractivity contribution is -0.138. The van der Waals surface area contributed by atoms with Crippen LogP contribution in [-0.4, -0.2) is 56.6 Å². The number of likely N-dealkylation sites (N-methyl/N-ethyl adjacent to an activating group) is 1. The van der Waals surface area contributed by atoms with Gasteiger partial charge >= 0.3 is 6.18 Å². The zero-order valence-electron chi connectivity index (χ0n) is 13.0. The highest BCUT2D eigenvalue weighted by Gasteiger charge is 2.33. The molecule has 22 heavy (non-hydrogen) atoms. The van der Waals surface area contributed by atoms with E-state index >= 15 is 0 Å². The summed E-state index contributed by atoms with van der Waals surface area (Å²) in [5.74, 6) is -0.166. The van der Waals surface area contributed by atoms with E-state index < -0.39 is 11.7 Å². The molecule has 1 aromatic rings. The average Bonchev–Trinajstić information content (AvgIpc) is 2.44. The molecule has 4 nitrogen and oxygen atoms in total. The lowest BCUT2D eigenvalue weighted by Crippen LogP contribution is -2.38. The third-order valence-electron chi connectivity index (χ3n) is 3.19. The SMILES string of the molecule is COCCN(CC(=O)N(C)C)Cc1ccccc1C(F)(F)F. The van der Waals surface area contributed by atoms with E-state index in [1.54, 1.807) is 25.1 Å². The van der Waals surface area contributed by atoms with Crippen LogP contribution in [0, 0.1) is 0 Å². The van der Waals surface area contributed by atoms with E-state index in [4.69, 9.17) is 4.74 Å². The lowest BCUT2D eigenvalue weighted by atomic mass is 10.1. The van der Waals surface area contributed by atoms with Crippen molar-refractivity contribution in [3.8, 4) is 0 Å². The van der Waals surface area contributed by atoms with Crippen LogP contribution in [-0.2, 0) is 22.3 Å². The quantitative estimate of drug-likeness (QED) is 0.773. The van der Waals surface area contributed by atoms with Crippen molar-refractivity contribution in [1.29, 1.82) is 0 Å². The molecule has 7 heteroatoms. The number of hydrogen-bond donors (Lipinski definition) is 0. The van der Waals surface area contributed by atoms with Crippen LogP contribution in [0.4, 0.5) is 13.2 Å². The standard InChI is InChI=1S/C15H21F3N2O2/c1-19(2)14(21)11-20(8-9-22-3)10-12-6-4-5-7-13(12)15(16,17)18/h4-7H,8-11H2,1-3H3. The Morgan fingerprint density at radius 3 is 2.41 bits per heavy atom. The maximum absolute atomic E-state index is 13.0. The predicted molar refractivity (Wildman–Crippen MR) is 77.3 cm³/mol. The second-order valence-electron chi connectivity index (χ2n) is 5.15. The number of alkyl halides is 3. The minimum absolute atomic E-state index is 0.0403. The molecular formula is C15H21F3N2O2. The van der Waals surface area contributed by atoms with Gasteiger partial charge in [0.25, 0.3) is 0 Å². The Kier molecular flexibility index (Phi) is 6.83. The van der Waals surface area contributed by atoms with E-state index in [9.17, 15) is 18.0 Å². The summed E-state index contributed by atoms with van der Waals surface area (Å²) in [4.78, 5) is 14.9. The zero-order valence-corrected chi connectivity index (χ0v) is 13.0. The molecule has 0 heterocycles. The first-order valence-electron chi connectivity index (χ1n) is 6.82. The Bertz CT molecular complexity index is 490. The summed E-state index contributed by atoms with van der Waals surface area (Å²) in [6, 6.07) is 5.41. The van der Waals surface area contributed by atoms with Crippen LogP contribution in [0.2, 0.25) is 0 Å². The number of carbonyl (C=O) groups is 1. The van der Waals surface area contributed by atoms with Gasteiger partial charge in [-0.25, -0.2) is 0 Å². The maximum Gasteiger partial charge on any atom is 0.416 e. The molecule has 0 atom stereocenters. The van der Waals surface area contributed by atoms with Crippen LogP contribution in [0.15, 0.2) is 24.3 Å². The molecule has 0 bridgehead atoms. The number of ether oxygens (including phenoxy) is 1. The van der Waals surface area contributed by atoms with Gasteiger partial charge in [-0.2, -0.15) is 13.2 Å². The molecule has 0 fully saturated rings. The van der Waals surface area contributed by atoms with Gasteiger partial charge in [-0.1, -0.05) is 18.2 Å². The number of rotatable bonds is 7. The van der Waals surface area contributed by atoms with Gasteiger partial charge in [0.2, 0.25) is 5.91 Å². The van der Waals surface area contributed by atoms with Crippen molar-refractivity contribution in [3.63, 3.8) is 0 Å². The van der Waals surface area contributed by atoms with Gasteiger partial charge in [0.05, 0.1) is 18.7 Å². The van der Waals surface area contributed by atoms with Crippen LogP contribution < -0.4 is 0 Å². The van der Waals surface area contributed by atoms with Gasteiger partial charge in [-0.3, -0.25) is 9.69 Å². The number of hydrogen-bond acceptors (Lipinski definition) is 3. The van der Waals surface area contributed by atoms with Crippen molar-refractivity contribution < 1.29 is 22.7 Å². The van der Waals surface area contributed by atoms with Crippen LogP contribution in [0.3, 0.4) is 0 Å². The minimum atomic E-state index is -4.41. The monoisotopic (exact) mass is 318 g/mol. The number of amides is 1. The first kappa shape index (κ1) is 18.4. The molecule has 0 aliphatic rings. The largest absolute Gasteiger partial charge is 0.416 e. The summed E-state index contributed by atoms with van der Waals surface area (Å²) in [6.07, 6.45) is -4.41. The molecule has 1 rings (SSSR count). The van der Waals surface area contributed by atoms with Crippen LogP contribution in [0.5, 0.6) is 0 Å². The topological polar surface area (TPSA) is 32.8 Å². The van der Waals surface area contributed by atoms with Crippen molar-refractivity contribution >= 4 is 5.91 Å². The number of carbonyl (C=O) groups excluding carboxylic acids is 1. The van der Waals surface area contributed by atoms with Crippen LogP contribution >= 0.6 is 0 Å². The van der Waals surface area contributed by atoms with Crippen molar-refractivity contribution in [3.05, 3.63) is 35.4 Å². The van der Waals surface area contributed by atoms with Crippen molar-refractivity contribution in [2.24, 2.45) is 0 Å². The summed E-state index contributed by atoms with van der Waals surface area (Å²) in [7, 11) is 4.73. The molecule has 1 amide bonds. The van der Waals surface area contributed by atoms with Crippen molar-refractivity contribution in [2.45, 2.75) is 12.7 Å². The summed E-state index contributed by atoms with van der Waals surface area (Å²) in [5.41, 5.74) is -0.521. The van der Waals surface area contributed by atoms with Crippen molar-refractivity contribution in [1.82, 2.24) is 9.80 Å². The number of methoxy groups -OCH3 is 1. The molecule has 0 saturated heterocycles. The molecule has 1 aromatic carbocycles. The Balaban J connectivity index is 2.92. The third-order valence-corrected chi connectivity index (χ3v) is 3.19. The Morgan fingerprint density at radius 2 is 1.86 bits per heavy atom. The second-order valence-corrected chi connectivity index (χ2v) is 5.15. The molecule has 0 N–H and O–H groups in total. The van der Waals surface area contributed by atoms with Crippen molar-refractivity contribution in [2.75, 3.05) is 40.9 Å². The Labute approximate surface area is 128 Å². The highest BCUT2D eigenvalue weighted by Crippen LogP contribution is 2.32. The molecule has 0 unspecified atom stereocenters. The van der Waals surface area contributed by atoms with E-state index in [0.29, 0.717) is 13.2 Å². The summed E-state index contributed by atoms with van der Waals surface area (Å²) < 4.78 is 44.0. The van der Waals surface area contributed by atoms with Gasteiger partial charge in [0.1, 0.15) is 0 Å². The molecule has 0 aromatic heterocycles. The van der Waals surface area contributed by atoms with Gasteiger partial charge in [-0.15, -0.1) is 0 Å². The van der Waals surface area contributed by atoms with Gasteiger partial charge in [-0.05, 0) is 11.6 Å². The molecule has 0 aliphatic heterocycles. The highest BCUT2D eigenvalue weighted by atomic mass is 19.4. The normalized spacial score (nSPS) is 11.8. The molecular weight excluding hydrogens is 297 g/mol. The Morgan fingerprint density at radius 1 is 1.23 bits per heavy atom. The minimum Gasteiger partial charge on any atom is -0.383 e. The van der Waals surface area contributed by atoms with Crippen LogP contribution in [0.1, 0.15) is 11.1 Å². The van der Waals surface area contributed by atoms with Crippen LogP contribution in [0.25, 0.3) is 0 Å². The predicted octanol–water partition coefficient (Wildman–Crippen LogP) is 2.24. The number of benzene rings is 1. The van der Waals surface area contributed by atoms with E-state index in [-0.39, 0.29) is 24.6 Å². The Hall–Kier alpha value is -1.60. The van der Waals surface area contributed by atoms with Gasteiger partial charge in [0, 0.05) is 34.3 Å². The molecule has 0 aliphatic carbocycles. The highest BCUT2D eigenvalue weighted by molar-refractivity contribution is 5.77. The van der Waals surface area contributed by atoms with Gasteiger partial charge < -0.3 is 9.64 Å². The van der Waals surface area contributed by atoms with E-state index in [2.05, 4.69) is 0 Å². The second kappa shape index (κ2) is 8.14. The fraction of sp³-hybridized carbons (Fsp3) is 0.533. The summed E-state index contributed by atoms with van der Waals surface area (Å²) in [6.45, 7) is 0.804. The molecule has 124 valence electrons. The lowest BCUT2D eigenvalue weighted by Gasteiger charge is -2.24.